The predicted octanol–water partition coefficient (Wildman–Crippen LogP) is 4.61. The van der Waals surface area contributed by atoms with Gasteiger partial charge in [0, 0.05) is 27.7 Å². The van der Waals surface area contributed by atoms with Crippen molar-refractivity contribution in [1.82, 2.24) is 24.7 Å². The standard InChI is InChI=1S/C22H16ClN5O2S/c1-12(19(29)16-10-24-18-8-3-2-7-15(16)18)31-22-26-20-17(21(30)27-22)11-25-28(20)14-6-4-5-13(23)9-14/h2-12,24H,1H3,(H,26,27,30)/t12-/m1/s1. The molecular formula is C22H16ClN5O2S. The highest BCUT2D eigenvalue weighted by Crippen LogP contribution is 2.27. The normalized spacial score (nSPS) is 12.5. The Kier molecular flexibility index (Phi) is 4.88. The molecular weight excluding hydrogens is 434 g/mol. The van der Waals surface area contributed by atoms with Crippen molar-refractivity contribution in [3.05, 3.63) is 81.9 Å². The Labute approximate surface area is 185 Å². The zero-order chi connectivity index (χ0) is 21.5. The number of carbonyl (C=O) groups is 1. The maximum Gasteiger partial charge on any atom is 0.262 e. The Balaban J connectivity index is 1.49. The van der Waals surface area contributed by atoms with Crippen LogP contribution >= 0.6 is 23.4 Å². The van der Waals surface area contributed by atoms with Gasteiger partial charge in [0.25, 0.3) is 5.56 Å². The predicted molar refractivity (Wildman–Crippen MR) is 122 cm³/mol. The van der Waals surface area contributed by atoms with Crippen LogP contribution in [-0.2, 0) is 0 Å². The van der Waals surface area contributed by atoms with E-state index in [1.54, 1.807) is 36.0 Å². The van der Waals surface area contributed by atoms with E-state index in [9.17, 15) is 9.59 Å². The summed E-state index contributed by atoms with van der Waals surface area (Å²) in [5.41, 5.74) is 2.30. The van der Waals surface area contributed by atoms with Crippen molar-refractivity contribution in [2.24, 2.45) is 0 Å². The van der Waals surface area contributed by atoms with Gasteiger partial charge in [-0.25, -0.2) is 9.67 Å². The Morgan fingerprint density at radius 1 is 1.16 bits per heavy atom. The summed E-state index contributed by atoms with van der Waals surface area (Å²) in [5.74, 6) is -0.0476. The van der Waals surface area contributed by atoms with Crippen molar-refractivity contribution < 1.29 is 4.79 Å². The van der Waals surface area contributed by atoms with E-state index in [0.717, 1.165) is 10.9 Å². The van der Waals surface area contributed by atoms with E-state index in [4.69, 9.17) is 11.6 Å². The second-order valence-corrected chi connectivity index (χ2v) is 8.78. The molecule has 0 aliphatic heterocycles. The van der Waals surface area contributed by atoms with E-state index in [1.165, 1.54) is 18.0 Å². The lowest BCUT2D eigenvalue weighted by Gasteiger charge is -2.09. The van der Waals surface area contributed by atoms with Crippen LogP contribution in [0.15, 0.2) is 70.9 Å². The van der Waals surface area contributed by atoms with E-state index in [-0.39, 0.29) is 11.3 Å². The molecule has 0 saturated heterocycles. The molecule has 154 valence electrons. The highest BCUT2D eigenvalue weighted by atomic mass is 35.5. The molecule has 0 spiro atoms. The molecule has 0 aliphatic rings. The number of halogens is 1. The molecule has 2 aromatic carbocycles. The van der Waals surface area contributed by atoms with Crippen LogP contribution < -0.4 is 5.56 Å². The second kappa shape index (κ2) is 7.72. The van der Waals surface area contributed by atoms with E-state index in [2.05, 4.69) is 20.1 Å². The number of hydrogen-bond donors (Lipinski definition) is 2. The van der Waals surface area contributed by atoms with E-state index in [0.29, 0.717) is 32.5 Å². The second-order valence-electron chi connectivity index (χ2n) is 7.02. The van der Waals surface area contributed by atoms with Gasteiger partial charge in [0.2, 0.25) is 0 Å². The van der Waals surface area contributed by atoms with Crippen LogP contribution in [0.4, 0.5) is 0 Å². The number of nitrogens with zero attached hydrogens (tertiary/aromatic N) is 3. The third-order valence-electron chi connectivity index (χ3n) is 4.98. The molecule has 0 saturated carbocycles. The maximum atomic E-state index is 13.1. The number of thioether (sulfide) groups is 1. The number of Topliss-reactive ketones (excluding diaryl/α,β-unsaturated/α-hetero) is 1. The maximum absolute atomic E-state index is 13.1. The molecule has 9 heteroatoms. The van der Waals surface area contributed by atoms with Gasteiger partial charge in [0.15, 0.2) is 16.6 Å². The fraction of sp³-hybridized carbons (Fsp3) is 0.0909. The third-order valence-corrected chi connectivity index (χ3v) is 6.20. The van der Waals surface area contributed by atoms with Crippen LogP contribution in [0.5, 0.6) is 0 Å². The van der Waals surface area contributed by atoms with Crippen molar-refractivity contribution in [3.8, 4) is 5.69 Å². The van der Waals surface area contributed by atoms with Gasteiger partial charge >= 0.3 is 0 Å². The zero-order valence-electron chi connectivity index (χ0n) is 16.3. The lowest BCUT2D eigenvalue weighted by atomic mass is 10.1. The molecule has 3 heterocycles. The Hall–Kier alpha value is -3.36. The number of aromatic nitrogens is 5. The van der Waals surface area contributed by atoms with Crippen molar-refractivity contribution in [3.63, 3.8) is 0 Å². The Bertz CT molecular complexity index is 1500. The summed E-state index contributed by atoms with van der Waals surface area (Å²) in [4.78, 5) is 36.1. The van der Waals surface area contributed by atoms with Crippen LogP contribution in [0.1, 0.15) is 17.3 Å². The van der Waals surface area contributed by atoms with Gasteiger partial charge in [-0.05, 0) is 31.2 Å². The first kappa shape index (κ1) is 19.6. The fourth-order valence-electron chi connectivity index (χ4n) is 3.47. The first-order valence-electron chi connectivity index (χ1n) is 9.52. The molecule has 0 aliphatic carbocycles. The van der Waals surface area contributed by atoms with Crippen molar-refractivity contribution in [1.29, 1.82) is 0 Å². The lowest BCUT2D eigenvalue weighted by molar-refractivity contribution is 0.0995. The molecule has 31 heavy (non-hydrogen) atoms. The molecule has 0 radical (unpaired) electrons. The molecule has 0 unspecified atom stereocenters. The number of fused-ring (bicyclic) bond motifs is 2. The molecule has 0 fully saturated rings. The van der Waals surface area contributed by atoms with Crippen molar-refractivity contribution in [2.45, 2.75) is 17.3 Å². The molecule has 0 bridgehead atoms. The quantitative estimate of drug-likeness (QED) is 0.232. The summed E-state index contributed by atoms with van der Waals surface area (Å²) in [6.45, 7) is 1.80. The minimum Gasteiger partial charge on any atom is -0.360 e. The minimum absolute atomic E-state index is 0.0476. The molecule has 1 atom stereocenters. The van der Waals surface area contributed by atoms with Crippen LogP contribution in [-0.4, -0.2) is 35.8 Å². The summed E-state index contributed by atoms with van der Waals surface area (Å²) in [6.07, 6.45) is 3.19. The fourth-order valence-corrected chi connectivity index (χ4v) is 4.51. The number of benzene rings is 2. The number of carbonyl (C=O) groups excluding carboxylic acids is 1. The first-order valence-corrected chi connectivity index (χ1v) is 10.8. The number of para-hydroxylation sites is 1. The van der Waals surface area contributed by atoms with Gasteiger partial charge in [-0.2, -0.15) is 5.10 Å². The number of nitrogens with one attached hydrogen (secondary N) is 2. The Morgan fingerprint density at radius 2 is 2.00 bits per heavy atom. The van der Waals surface area contributed by atoms with Gasteiger partial charge in [0.05, 0.1) is 17.1 Å². The highest BCUT2D eigenvalue weighted by molar-refractivity contribution is 8.00. The summed E-state index contributed by atoms with van der Waals surface area (Å²) in [7, 11) is 0. The van der Waals surface area contributed by atoms with E-state index < -0.39 is 5.25 Å². The van der Waals surface area contributed by atoms with Gasteiger partial charge < -0.3 is 9.97 Å². The van der Waals surface area contributed by atoms with Gasteiger partial charge in [-0.3, -0.25) is 9.59 Å². The Morgan fingerprint density at radius 3 is 2.84 bits per heavy atom. The number of H-pyrrole nitrogens is 2. The molecule has 5 rings (SSSR count). The molecule has 5 aromatic rings. The largest absolute Gasteiger partial charge is 0.360 e. The molecule has 3 aromatic heterocycles. The van der Waals surface area contributed by atoms with Crippen molar-refractivity contribution in [2.75, 3.05) is 0 Å². The third kappa shape index (κ3) is 3.54. The smallest absolute Gasteiger partial charge is 0.262 e. The van der Waals surface area contributed by atoms with Crippen LogP contribution in [0.3, 0.4) is 0 Å². The minimum atomic E-state index is -0.456. The van der Waals surface area contributed by atoms with Crippen molar-refractivity contribution >= 4 is 51.1 Å². The number of aromatic amines is 2. The monoisotopic (exact) mass is 449 g/mol. The van der Waals surface area contributed by atoms with Gasteiger partial charge in [-0.15, -0.1) is 0 Å². The first-order chi connectivity index (χ1) is 15.0. The molecule has 7 nitrogen and oxygen atoms in total. The van der Waals surface area contributed by atoms with Crippen LogP contribution in [0.2, 0.25) is 5.02 Å². The van der Waals surface area contributed by atoms with Gasteiger partial charge in [0.1, 0.15) is 5.39 Å². The summed E-state index contributed by atoms with van der Waals surface area (Å²) < 4.78 is 1.56. The summed E-state index contributed by atoms with van der Waals surface area (Å²) in [5, 5.41) is 5.97. The van der Waals surface area contributed by atoms with Gasteiger partial charge in [-0.1, -0.05) is 47.6 Å². The van der Waals surface area contributed by atoms with E-state index >= 15 is 0 Å². The molecule has 0 amide bonds. The lowest BCUT2D eigenvalue weighted by Crippen LogP contribution is -2.16. The van der Waals surface area contributed by atoms with Crippen LogP contribution in [0.25, 0.3) is 27.6 Å². The van der Waals surface area contributed by atoms with E-state index in [1.807, 2.05) is 30.3 Å². The summed E-state index contributed by atoms with van der Waals surface area (Å²) >= 11 is 7.30. The average Bonchev–Trinajstić information content (AvgIpc) is 3.38. The number of ketones is 1. The summed E-state index contributed by atoms with van der Waals surface area (Å²) in [6, 6.07) is 14.8. The number of rotatable bonds is 5. The zero-order valence-corrected chi connectivity index (χ0v) is 17.9. The highest BCUT2D eigenvalue weighted by Gasteiger charge is 2.22. The SMILES string of the molecule is C[C@@H](Sc1nc2c(cnn2-c2cccc(Cl)c2)c(=O)[nH]1)C(=O)c1c[nH]c2ccccc12. The average molecular weight is 450 g/mol. The van der Waals surface area contributed by atoms with Crippen LogP contribution in [0, 0.1) is 0 Å². The molecule has 2 N–H and O–H groups in total. The topological polar surface area (TPSA) is 96.4 Å². The number of hydrogen-bond acceptors (Lipinski definition) is 5.